The second-order valence-corrected chi connectivity index (χ2v) is 10.9. The lowest BCUT2D eigenvalue weighted by Crippen LogP contribution is -2.57. The number of carbonyl (C=O) groups excluding carboxylic acids is 1. The molecular formula is C30H31FN6O2. The molecule has 1 spiro atoms. The molecule has 3 aliphatic rings. The average Bonchev–Trinajstić information content (AvgIpc) is 3.66. The number of amides is 1. The lowest BCUT2D eigenvalue weighted by Gasteiger charge is -2.45. The van der Waals surface area contributed by atoms with Crippen molar-refractivity contribution in [3.8, 4) is 0 Å². The fourth-order valence-corrected chi connectivity index (χ4v) is 6.88. The van der Waals surface area contributed by atoms with E-state index in [1.165, 1.54) is 34.0 Å². The molecule has 2 fully saturated rings. The molecular weight excluding hydrogens is 495 g/mol. The van der Waals surface area contributed by atoms with Crippen molar-refractivity contribution < 1.29 is 14.3 Å². The summed E-state index contributed by atoms with van der Waals surface area (Å²) in [7, 11) is 0. The van der Waals surface area contributed by atoms with Crippen LogP contribution in [0.5, 0.6) is 0 Å². The van der Waals surface area contributed by atoms with Gasteiger partial charge in [0.15, 0.2) is 0 Å². The van der Waals surface area contributed by atoms with Crippen LogP contribution in [-0.2, 0) is 24.4 Å². The van der Waals surface area contributed by atoms with Gasteiger partial charge in [-0.3, -0.25) is 14.4 Å². The fraction of sp³-hybridized carbons (Fsp3) is 0.367. The number of nitrogens with zero attached hydrogens (tertiary/aromatic N) is 6. The number of carbonyl (C=O) groups is 1. The molecule has 3 heterocycles. The molecule has 9 heteroatoms. The Balaban J connectivity index is 1.13. The molecule has 1 N–H and O–H groups in total. The molecule has 0 saturated carbocycles. The lowest BCUT2D eigenvalue weighted by molar-refractivity contribution is -0.134. The van der Waals surface area contributed by atoms with Crippen LogP contribution in [0.1, 0.15) is 35.7 Å². The highest BCUT2D eigenvalue weighted by atomic mass is 19.1. The zero-order valence-corrected chi connectivity index (χ0v) is 21.7. The zero-order chi connectivity index (χ0) is 26.6. The van der Waals surface area contributed by atoms with Crippen LogP contribution in [0.4, 0.5) is 10.1 Å². The highest BCUT2D eigenvalue weighted by Gasteiger charge is 2.54. The Kier molecular flexibility index (Phi) is 5.86. The third-order valence-corrected chi connectivity index (χ3v) is 8.86. The van der Waals surface area contributed by atoms with E-state index in [9.17, 15) is 14.3 Å². The Morgan fingerprint density at radius 3 is 2.51 bits per heavy atom. The molecule has 3 aromatic carbocycles. The minimum Gasteiger partial charge on any atom is -0.390 e. The lowest BCUT2D eigenvalue weighted by atomic mass is 9.84. The Morgan fingerprint density at radius 2 is 1.77 bits per heavy atom. The van der Waals surface area contributed by atoms with E-state index in [4.69, 9.17) is 0 Å². The predicted molar refractivity (Wildman–Crippen MR) is 145 cm³/mol. The van der Waals surface area contributed by atoms with Gasteiger partial charge in [0.1, 0.15) is 17.1 Å². The van der Waals surface area contributed by atoms with Crippen molar-refractivity contribution in [3.63, 3.8) is 0 Å². The van der Waals surface area contributed by atoms with E-state index in [1.807, 2.05) is 4.90 Å². The largest absolute Gasteiger partial charge is 0.390 e. The summed E-state index contributed by atoms with van der Waals surface area (Å²) in [5.74, 6) is -0.170. The van der Waals surface area contributed by atoms with Gasteiger partial charge < -0.3 is 14.9 Å². The minimum atomic E-state index is -0.662. The topological polar surface area (TPSA) is 77.7 Å². The first kappa shape index (κ1) is 24.2. The van der Waals surface area contributed by atoms with Crippen molar-refractivity contribution in [1.82, 2.24) is 24.8 Å². The second-order valence-electron chi connectivity index (χ2n) is 10.9. The van der Waals surface area contributed by atoms with E-state index in [1.54, 1.807) is 23.0 Å². The number of benzene rings is 3. The number of likely N-dealkylation sites (tertiary alicyclic amines) is 1. The molecule has 2 aliphatic heterocycles. The quantitative estimate of drug-likeness (QED) is 0.415. The number of aliphatic hydroxyl groups is 1. The monoisotopic (exact) mass is 526 g/mol. The number of rotatable bonds is 6. The van der Waals surface area contributed by atoms with E-state index in [0.29, 0.717) is 44.3 Å². The molecule has 0 bridgehead atoms. The number of halogens is 1. The van der Waals surface area contributed by atoms with E-state index < -0.39 is 5.54 Å². The molecule has 1 aromatic heterocycles. The van der Waals surface area contributed by atoms with Gasteiger partial charge in [0, 0.05) is 31.4 Å². The maximum Gasteiger partial charge on any atom is 0.250 e. The summed E-state index contributed by atoms with van der Waals surface area (Å²) in [5.41, 5.74) is 3.50. The van der Waals surface area contributed by atoms with Crippen LogP contribution in [0.3, 0.4) is 0 Å². The van der Waals surface area contributed by atoms with Gasteiger partial charge in [-0.1, -0.05) is 41.6 Å². The van der Waals surface area contributed by atoms with Crippen LogP contribution >= 0.6 is 0 Å². The average molecular weight is 527 g/mol. The van der Waals surface area contributed by atoms with E-state index in [-0.39, 0.29) is 18.3 Å². The number of piperidine rings is 1. The van der Waals surface area contributed by atoms with Gasteiger partial charge in [-0.25, -0.2) is 4.39 Å². The first-order valence-electron chi connectivity index (χ1n) is 13.6. The number of aliphatic hydroxyl groups excluding tert-OH is 1. The summed E-state index contributed by atoms with van der Waals surface area (Å²) in [6, 6.07) is 20.0. The van der Waals surface area contributed by atoms with E-state index >= 15 is 0 Å². The van der Waals surface area contributed by atoms with E-state index in [2.05, 4.69) is 56.5 Å². The van der Waals surface area contributed by atoms with E-state index in [0.717, 1.165) is 25.2 Å². The van der Waals surface area contributed by atoms with Crippen LogP contribution < -0.4 is 4.90 Å². The van der Waals surface area contributed by atoms with Crippen molar-refractivity contribution >= 4 is 22.4 Å². The van der Waals surface area contributed by atoms with Gasteiger partial charge >= 0.3 is 0 Å². The minimum absolute atomic E-state index is 0.116. The maximum absolute atomic E-state index is 14.1. The summed E-state index contributed by atoms with van der Waals surface area (Å²) in [5, 5.41) is 20.0. The SMILES string of the molecule is O=C1N(CCn2cc(CO)nn2)CN(c2ccc(F)cc2)C12CCN([C@H]1Cc3cccc4cccc1c34)CC2. The molecule has 8 nitrogen and oxygen atoms in total. The standard InChI is InChI=1S/C30H31FN6O2/c31-23-7-9-25(10-8-23)37-20-35(15-16-36-18-24(19-38)32-33-36)29(39)30(37)11-13-34(14-12-30)27-17-22-5-1-3-21-4-2-6-26(27)28(21)22/h1-10,18,27,38H,11-17,19-20H2/t27-/m0/s1. The van der Waals surface area contributed by atoms with Gasteiger partial charge in [-0.15, -0.1) is 5.10 Å². The van der Waals surface area contributed by atoms with Crippen molar-refractivity contribution in [2.45, 2.75) is 44.0 Å². The third-order valence-electron chi connectivity index (χ3n) is 8.86. The van der Waals surface area contributed by atoms with Crippen molar-refractivity contribution in [2.75, 3.05) is 31.2 Å². The van der Waals surface area contributed by atoms with Gasteiger partial charge in [0.25, 0.3) is 0 Å². The number of anilines is 1. The van der Waals surface area contributed by atoms with Gasteiger partial charge in [0.2, 0.25) is 5.91 Å². The summed E-state index contributed by atoms with van der Waals surface area (Å²) in [6.45, 7) is 2.88. The van der Waals surface area contributed by atoms with Crippen LogP contribution in [0, 0.1) is 5.82 Å². The number of aromatic nitrogens is 3. The Bertz CT molecular complexity index is 1520. The highest BCUT2D eigenvalue weighted by molar-refractivity contribution is 5.94. The molecule has 1 aliphatic carbocycles. The summed E-state index contributed by atoms with van der Waals surface area (Å²) >= 11 is 0. The molecule has 1 amide bonds. The van der Waals surface area contributed by atoms with Gasteiger partial charge in [-0.05, 0) is 65.4 Å². The molecule has 0 radical (unpaired) electrons. The highest BCUT2D eigenvalue weighted by Crippen LogP contribution is 2.45. The summed E-state index contributed by atoms with van der Waals surface area (Å²) in [4.78, 5) is 20.7. The Morgan fingerprint density at radius 1 is 1.00 bits per heavy atom. The van der Waals surface area contributed by atoms with Gasteiger partial charge in [0.05, 0.1) is 26.0 Å². The molecule has 4 aromatic rings. The molecule has 0 unspecified atom stereocenters. The normalized spacial score (nSPS) is 20.6. The van der Waals surface area contributed by atoms with Gasteiger partial charge in [-0.2, -0.15) is 0 Å². The first-order valence-corrected chi connectivity index (χ1v) is 13.6. The van der Waals surface area contributed by atoms with Crippen molar-refractivity contribution in [2.24, 2.45) is 0 Å². The van der Waals surface area contributed by atoms with Crippen LogP contribution in [0.15, 0.2) is 66.9 Å². The fourth-order valence-electron chi connectivity index (χ4n) is 6.88. The third kappa shape index (κ3) is 3.99. The molecule has 39 heavy (non-hydrogen) atoms. The molecule has 1 atom stereocenters. The van der Waals surface area contributed by atoms with Crippen LogP contribution in [-0.4, -0.2) is 67.6 Å². The van der Waals surface area contributed by atoms with Crippen LogP contribution in [0.2, 0.25) is 0 Å². The second kappa shape index (κ2) is 9.43. The summed E-state index contributed by atoms with van der Waals surface area (Å²) in [6.07, 6.45) is 4.12. The Hall–Kier alpha value is -3.82. The molecule has 200 valence electrons. The predicted octanol–water partition coefficient (Wildman–Crippen LogP) is 3.50. The van der Waals surface area contributed by atoms with Crippen molar-refractivity contribution in [3.05, 3.63) is 89.5 Å². The Labute approximate surface area is 226 Å². The smallest absolute Gasteiger partial charge is 0.250 e. The first-order chi connectivity index (χ1) is 19.1. The number of hydrogen-bond donors (Lipinski definition) is 1. The van der Waals surface area contributed by atoms with Crippen molar-refractivity contribution in [1.29, 1.82) is 0 Å². The maximum atomic E-state index is 14.1. The summed E-state index contributed by atoms with van der Waals surface area (Å²) < 4.78 is 15.5. The van der Waals surface area contributed by atoms with Crippen LogP contribution in [0.25, 0.3) is 10.8 Å². The molecule has 7 rings (SSSR count). The zero-order valence-electron chi connectivity index (χ0n) is 21.7. The number of hydrogen-bond acceptors (Lipinski definition) is 6. The molecule has 2 saturated heterocycles.